The van der Waals surface area contributed by atoms with Gasteiger partial charge in [0.2, 0.25) is 0 Å². The van der Waals surface area contributed by atoms with Crippen molar-refractivity contribution >= 4 is 32.1 Å². The van der Waals surface area contributed by atoms with Crippen molar-refractivity contribution < 1.29 is 8.42 Å². The van der Waals surface area contributed by atoms with Crippen molar-refractivity contribution in [3.63, 3.8) is 0 Å². The van der Waals surface area contributed by atoms with E-state index in [-0.39, 0.29) is 11.5 Å². The predicted octanol–water partition coefficient (Wildman–Crippen LogP) is 4.27. The van der Waals surface area contributed by atoms with Gasteiger partial charge in [0.25, 0.3) is 0 Å². The topological polar surface area (TPSA) is 111 Å². The van der Waals surface area contributed by atoms with Crippen molar-refractivity contribution in [2.75, 3.05) is 30.3 Å². The maximum atomic E-state index is 11.8. The number of hydrogen-bond acceptors (Lipinski definition) is 7. The Labute approximate surface area is 237 Å². The van der Waals surface area contributed by atoms with Crippen LogP contribution in [0.2, 0.25) is 0 Å². The summed E-state index contributed by atoms with van der Waals surface area (Å²) in [6, 6.07) is 27.0. The fraction of sp³-hybridized carbons (Fsp3) is 0.194. The second-order valence-electron chi connectivity index (χ2n) is 10.6. The van der Waals surface area contributed by atoms with Gasteiger partial charge < -0.3 is 5.73 Å². The van der Waals surface area contributed by atoms with E-state index in [1.165, 1.54) is 11.9 Å². The molecule has 3 aromatic carbocycles. The molecule has 1 aliphatic rings. The first-order valence-electron chi connectivity index (χ1n) is 13.6. The molecule has 41 heavy (non-hydrogen) atoms. The number of nitrogens with zero attached hydrogens (tertiary/aromatic N) is 6. The Morgan fingerprint density at radius 3 is 2.34 bits per heavy atom. The van der Waals surface area contributed by atoms with E-state index in [1.807, 2.05) is 27.4 Å². The first-order chi connectivity index (χ1) is 19.9. The van der Waals surface area contributed by atoms with Gasteiger partial charge in [-0.2, -0.15) is 10.2 Å². The molecule has 0 saturated carbocycles. The number of rotatable bonds is 6. The predicted molar refractivity (Wildman–Crippen MR) is 161 cm³/mol. The van der Waals surface area contributed by atoms with Gasteiger partial charge in [0, 0.05) is 42.3 Å². The standard InChI is InChI=1S/C31H29N7O2S/c32-31-30-27(25-10-11-26-20-37(35-28(26)16-25)19-22-4-2-1-3-5-22)17-29(38(30)34-21-33-31)24-8-6-23(7-9-24)18-36-12-14-41(39,40)15-13-36/h1-11,16-17,20-21H,12-15,18-19H2,(H2,32,33,34). The highest BCUT2D eigenvalue weighted by molar-refractivity contribution is 7.91. The van der Waals surface area contributed by atoms with Crippen molar-refractivity contribution in [3.8, 4) is 22.4 Å². The number of benzene rings is 3. The largest absolute Gasteiger partial charge is 0.382 e. The summed E-state index contributed by atoms with van der Waals surface area (Å²) in [5, 5.41) is 10.5. The van der Waals surface area contributed by atoms with E-state index in [9.17, 15) is 8.42 Å². The molecular weight excluding hydrogens is 534 g/mol. The molecule has 7 rings (SSSR count). The minimum absolute atomic E-state index is 0.226. The average Bonchev–Trinajstić information content (AvgIpc) is 3.57. The third-order valence-corrected chi connectivity index (χ3v) is 9.34. The number of aromatic nitrogens is 5. The third kappa shape index (κ3) is 5.07. The van der Waals surface area contributed by atoms with E-state index < -0.39 is 9.84 Å². The van der Waals surface area contributed by atoms with Gasteiger partial charge in [-0.15, -0.1) is 0 Å². The summed E-state index contributed by atoms with van der Waals surface area (Å²) in [6.45, 7) is 2.57. The van der Waals surface area contributed by atoms with Crippen LogP contribution in [0.1, 0.15) is 11.1 Å². The molecule has 2 N–H and O–H groups in total. The summed E-state index contributed by atoms with van der Waals surface area (Å²) >= 11 is 0. The maximum Gasteiger partial charge on any atom is 0.152 e. The van der Waals surface area contributed by atoms with Crippen LogP contribution in [0.5, 0.6) is 0 Å². The second-order valence-corrected chi connectivity index (χ2v) is 12.9. The molecule has 0 unspecified atom stereocenters. The van der Waals surface area contributed by atoms with E-state index in [2.05, 4.69) is 81.8 Å². The van der Waals surface area contributed by atoms with Gasteiger partial charge in [-0.1, -0.05) is 66.7 Å². The molecule has 0 radical (unpaired) electrons. The van der Waals surface area contributed by atoms with Crippen molar-refractivity contribution in [1.29, 1.82) is 0 Å². The molecule has 6 aromatic rings. The van der Waals surface area contributed by atoms with Crippen LogP contribution in [-0.4, -0.2) is 62.3 Å². The van der Waals surface area contributed by atoms with Crippen LogP contribution in [0, 0.1) is 0 Å². The molecule has 0 amide bonds. The Bertz CT molecular complexity index is 1970. The monoisotopic (exact) mass is 563 g/mol. The maximum absolute atomic E-state index is 11.8. The zero-order chi connectivity index (χ0) is 28.0. The summed E-state index contributed by atoms with van der Waals surface area (Å²) in [5.41, 5.74) is 14.2. The molecule has 9 nitrogen and oxygen atoms in total. The molecule has 206 valence electrons. The number of nitrogens with two attached hydrogens (primary N) is 1. The highest BCUT2D eigenvalue weighted by atomic mass is 32.2. The van der Waals surface area contributed by atoms with Crippen molar-refractivity contribution in [1.82, 2.24) is 29.3 Å². The van der Waals surface area contributed by atoms with Crippen LogP contribution in [0.3, 0.4) is 0 Å². The fourth-order valence-corrected chi connectivity index (χ4v) is 6.80. The smallest absolute Gasteiger partial charge is 0.152 e. The minimum atomic E-state index is -2.89. The third-order valence-electron chi connectivity index (χ3n) is 7.73. The molecular formula is C31H29N7O2S. The number of nitrogen functional groups attached to an aromatic ring is 1. The van der Waals surface area contributed by atoms with Gasteiger partial charge in [-0.05, 0) is 28.8 Å². The summed E-state index contributed by atoms with van der Waals surface area (Å²) in [5.74, 6) is 0.863. The molecule has 0 bridgehead atoms. The first-order valence-corrected chi connectivity index (χ1v) is 15.4. The van der Waals surface area contributed by atoms with Crippen LogP contribution in [-0.2, 0) is 22.9 Å². The molecule has 1 saturated heterocycles. The highest BCUT2D eigenvalue weighted by Crippen LogP contribution is 2.36. The first kappa shape index (κ1) is 25.4. The normalized spacial score (nSPS) is 15.5. The SMILES string of the molecule is Nc1ncnn2c(-c3ccc(CN4CCS(=O)(=O)CC4)cc3)cc(-c3ccc4cn(Cc5ccccc5)nc4c3)c12. The van der Waals surface area contributed by atoms with E-state index in [4.69, 9.17) is 10.8 Å². The number of fused-ring (bicyclic) bond motifs is 2. The van der Waals surface area contributed by atoms with E-state index in [0.717, 1.165) is 50.9 Å². The van der Waals surface area contributed by atoms with E-state index in [0.29, 0.717) is 25.5 Å². The van der Waals surface area contributed by atoms with Crippen LogP contribution in [0.15, 0.2) is 91.4 Å². The van der Waals surface area contributed by atoms with Gasteiger partial charge in [0.1, 0.15) is 11.8 Å². The number of anilines is 1. The molecule has 4 heterocycles. The highest BCUT2D eigenvalue weighted by Gasteiger charge is 2.22. The minimum Gasteiger partial charge on any atom is -0.382 e. The Kier molecular flexibility index (Phi) is 6.29. The molecule has 10 heteroatoms. The molecule has 0 spiro atoms. The van der Waals surface area contributed by atoms with Gasteiger partial charge in [0.05, 0.1) is 29.3 Å². The van der Waals surface area contributed by atoms with Gasteiger partial charge >= 0.3 is 0 Å². The number of sulfone groups is 1. The summed E-state index contributed by atoms with van der Waals surface area (Å²) in [6.07, 6.45) is 3.54. The Hall–Kier alpha value is -4.54. The second kappa shape index (κ2) is 10.1. The zero-order valence-corrected chi connectivity index (χ0v) is 23.2. The molecule has 1 fully saturated rings. The van der Waals surface area contributed by atoms with E-state index >= 15 is 0 Å². The summed E-state index contributed by atoms with van der Waals surface area (Å²) < 4.78 is 27.3. The lowest BCUT2D eigenvalue weighted by molar-refractivity contribution is 0.287. The molecule has 1 aliphatic heterocycles. The summed E-state index contributed by atoms with van der Waals surface area (Å²) in [7, 11) is -2.89. The van der Waals surface area contributed by atoms with Crippen molar-refractivity contribution in [3.05, 3.63) is 103 Å². The van der Waals surface area contributed by atoms with Crippen molar-refractivity contribution in [2.45, 2.75) is 13.1 Å². The van der Waals surface area contributed by atoms with Crippen LogP contribution in [0.4, 0.5) is 5.82 Å². The summed E-state index contributed by atoms with van der Waals surface area (Å²) in [4.78, 5) is 6.47. The van der Waals surface area contributed by atoms with Crippen LogP contribution < -0.4 is 5.73 Å². The van der Waals surface area contributed by atoms with Crippen molar-refractivity contribution in [2.24, 2.45) is 0 Å². The van der Waals surface area contributed by atoms with Gasteiger partial charge in [-0.3, -0.25) is 9.58 Å². The quantitative estimate of drug-likeness (QED) is 0.322. The lowest BCUT2D eigenvalue weighted by Crippen LogP contribution is -2.39. The average molecular weight is 564 g/mol. The Morgan fingerprint density at radius 1 is 0.829 bits per heavy atom. The van der Waals surface area contributed by atoms with Crippen LogP contribution >= 0.6 is 0 Å². The zero-order valence-electron chi connectivity index (χ0n) is 22.4. The number of hydrogen-bond donors (Lipinski definition) is 1. The lowest BCUT2D eigenvalue weighted by Gasteiger charge is -2.26. The fourth-order valence-electron chi connectivity index (χ4n) is 5.53. The molecule has 0 atom stereocenters. The lowest BCUT2D eigenvalue weighted by atomic mass is 10.0. The van der Waals surface area contributed by atoms with Gasteiger partial charge in [-0.25, -0.2) is 17.9 Å². The molecule has 0 aliphatic carbocycles. The Balaban J connectivity index is 1.20. The Morgan fingerprint density at radius 2 is 1.56 bits per heavy atom. The van der Waals surface area contributed by atoms with Gasteiger partial charge in [0.15, 0.2) is 15.7 Å². The van der Waals surface area contributed by atoms with Crippen LogP contribution in [0.25, 0.3) is 38.8 Å². The van der Waals surface area contributed by atoms with E-state index in [1.54, 1.807) is 0 Å². The molecule has 3 aromatic heterocycles.